The van der Waals surface area contributed by atoms with Crippen LogP contribution in [0.2, 0.25) is 0 Å². The third-order valence-corrected chi connectivity index (χ3v) is 5.11. The van der Waals surface area contributed by atoms with Crippen LogP contribution in [-0.4, -0.2) is 23.7 Å². The Morgan fingerprint density at radius 2 is 2.04 bits per heavy atom. The molecule has 4 nitrogen and oxygen atoms in total. The predicted octanol–water partition coefficient (Wildman–Crippen LogP) is 5.07. The molecule has 0 aliphatic heterocycles. The van der Waals surface area contributed by atoms with Gasteiger partial charge in [0.05, 0.1) is 13.1 Å². The van der Waals surface area contributed by atoms with E-state index in [1.165, 1.54) is 10.5 Å². The van der Waals surface area contributed by atoms with Crippen LogP contribution in [-0.2, 0) is 19.3 Å². The largest absolute Gasteiger partial charge is 0.434 e. The quantitative estimate of drug-likeness (QED) is 0.237. The average molecular weight is 530 g/mol. The Bertz CT molecular complexity index is 763. The fourth-order valence-electron chi connectivity index (χ4n) is 2.17. The van der Waals surface area contributed by atoms with Crippen LogP contribution >= 0.6 is 47.1 Å². The van der Waals surface area contributed by atoms with E-state index in [1.54, 1.807) is 11.8 Å². The van der Waals surface area contributed by atoms with Crippen molar-refractivity contribution < 1.29 is 13.2 Å². The SMILES string of the molecule is CCNC(=NCc1ccc(C)cc1SC)NCc1nc(C(F)(F)F)cs1.I. The molecule has 0 saturated carbocycles. The number of rotatable bonds is 6. The smallest absolute Gasteiger partial charge is 0.357 e. The first kappa shape index (κ1) is 24.0. The van der Waals surface area contributed by atoms with Crippen molar-refractivity contribution in [2.24, 2.45) is 4.99 Å². The number of nitrogens with one attached hydrogen (secondary N) is 2. The van der Waals surface area contributed by atoms with Gasteiger partial charge in [0.1, 0.15) is 5.01 Å². The van der Waals surface area contributed by atoms with E-state index in [2.05, 4.69) is 26.7 Å². The highest BCUT2D eigenvalue weighted by molar-refractivity contribution is 14.0. The Morgan fingerprint density at radius 3 is 2.63 bits per heavy atom. The second-order valence-corrected chi connectivity index (χ2v) is 7.28. The van der Waals surface area contributed by atoms with Gasteiger partial charge >= 0.3 is 6.18 Å². The molecule has 0 aliphatic rings. The number of hydrogen-bond acceptors (Lipinski definition) is 4. The number of nitrogens with zero attached hydrogens (tertiary/aromatic N) is 2. The molecular formula is C17H22F3IN4S2. The van der Waals surface area contributed by atoms with Gasteiger partial charge in [0.2, 0.25) is 0 Å². The highest BCUT2D eigenvalue weighted by Gasteiger charge is 2.33. The molecule has 10 heteroatoms. The highest BCUT2D eigenvalue weighted by Crippen LogP contribution is 2.29. The third-order valence-electron chi connectivity index (χ3n) is 3.44. The van der Waals surface area contributed by atoms with E-state index in [9.17, 15) is 13.2 Å². The van der Waals surface area contributed by atoms with Crippen molar-refractivity contribution >= 4 is 53.0 Å². The topological polar surface area (TPSA) is 49.3 Å². The molecule has 0 spiro atoms. The molecule has 1 heterocycles. The van der Waals surface area contributed by atoms with E-state index in [0.29, 0.717) is 24.1 Å². The summed E-state index contributed by atoms with van der Waals surface area (Å²) in [5.74, 6) is 0.545. The molecule has 0 aliphatic carbocycles. The van der Waals surface area contributed by atoms with Crippen LogP contribution in [0.4, 0.5) is 13.2 Å². The van der Waals surface area contributed by atoms with Gasteiger partial charge in [-0.2, -0.15) is 13.2 Å². The maximum atomic E-state index is 12.6. The van der Waals surface area contributed by atoms with Crippen molar-refractivity contribution in [1.29, 1.82) is 0 Å². The van der Waals surface area contributed by atoms with Crippen molar-refractivity contribution in [2.45, 2.75) is 38.0 Å². The number of benzene rings is 1. The lowest BCUT2D eigenvalue weighted by Gasteiger charge is -2.11. The van der Waals surface area contributed by atoms with Gasteiger partial charge in [0.25, 0.3) is 0 Å². The van der Waals surface area contributed by atoms with E-state index < -0.39 is 11.9 Å². The van der Waals surface area contributed by atoms with E-state index >= 15 is 0 Å². The van der Waals surface area contributed by atoms with Gasteiger partial charge in [-0.05, 0) is 37.3 Å². The molecule has 1 aromatic heterocycles. The normalized spacial score (nSPS) is 11.9. The molecule has 150 valence electrons. The van der Waals surface area contributed by atoms with Crippen LogP contribution < -0.4 is 10.6 Å². The van der Waals surface area contributed by atoms with Gasteiger partial charge in [-0.1, -0.05) is 12.1 Å². The minimum Gasteiger partial charge on any atom is -0.357 e. The van der Waals surface area contributed by atoms with Crippen LogP contribution in [0.3, 0.4) is 0 Å². The molecule has 2 aromatic rings. The van der Waals surface area contributed by atoms with Crippen LogP contribution in [0.25, 0.3) is 0 Å². The molecule has 0 saturated heterocycles. The van der Waals surface area contributed by atoms with E-state index in [-0.39, 0.29) is 30.5 Å². The van der Waals surface area contributed by atoms with E-state index in [1.807, 2.05) is 32.2 Å². The lowest BCUT2D eigenvalue weighted by molar-refractivity contribution is -0.140. The first-order chi connectivity index (χ1) is 12.3. The summed E-state index contributed by atoms with van der Waals surface area (Å²) in [5.41, 5.74) is 1.44. The second-order valence-electron chi connectivity index (χ2n) is 5.49. The zero-order valence-corrected chi connectivity index (χ0v) is 19.1. The van der Waals surface area contributed by atoms with E-state index in [4.69, 9.17) is 0 Å². The zero-order chi connectivity index (χ0) is 19.2. The number of thioether (sulfide) groups is 1. The molecule has 0 radical (unpaired) electrons. The molecule has 0 fully saturated rings. The van der Waals surface area contributed by atoms with Crippen molar-refractivity contribution in [2.75, 3.05) is 12.8 Å². The third kappa shape index (κ3) is 7.49. The van der Waals surface area contributed by atoms with Crippen molar-refractivity contribution in [1.82, 2.24) is 15.6 Å². The van der Waals surface area contributed by atoms with Gasteiger partial charge < -0.3 is 10.6 Å². The van der Waals surface area contributed by atoms with Crippen molar-refractivity contribution in [3.63, 3.8) is 0 Å². The van der Waals surface area contributed by atoms with Gasteiger partial charge in [0.15, 0.2) is 11.7 Å². The van der Waals surface area contributed by atoms with E-state index in [0.717, 1.165) is 22.3 Å². The number of aryl methyl sites for hydroxylation is 1. The lowest BCUT2D eigenvalue weighted by Crippen LogP contribution is -2.36. The number of aliphatic imine (C=N–C) groups is 1. The predicted molar refractivity (Wildman–Crippen MR) is 117 cm³/mol. The Hall–Kier alpha value is -1.01. The summed E-state index contributed by atoms with van der Waals surface area (Å²) >= 11 is 2.64. The summed E-state index contributed by atoms with van der Waals surface area (Å²) in [7, 11) is 0. The Morgan fingerprint density at radius 1 is 1.30 bits per heavy atom. The minimum absolute atomic E-state index is 0. The van der Waals surface area contributed by atoms with Crippen molar-refractivity contribution in [3.8, 4) is 0 Å². The Kier molecular flexibility index (Phi) is 9.88. The van der Waals surface area contributed by atoms with Crippen LogP contribution in [0.1, 0.15) is 28.8 Å². The average Bonchev–Trinajstić information content (AvgIpc) is 3.07. The number of guanidine groups is 1. The molecule has 0 atom stereocenters. The number of alkyl halides is 3. The Labute approximate surface area is 182 Å². The summed E-state index contributed by atoms with van der Waals surface area (Å²) < 4.78 is 37.8. The van der Waals surface area contributed by atoms with Gasteiger partial charge in [0, 0.05) is 16.8 Å². The lowest BCUT2D eigenvalue weighted by atomic mass is 10.1. The van der Waals surface area contributed by atoms with Gasteiger partial charge in [-0.15, -0.1) is 47.1 Å². The first-order valence-corrected chi connectivity index (χ1v) is 10.1. The molecule has 0 unspecified atom stereocenters. The number of hydrogen-bond donors (Lipinski definition) is 2. The first-order valence-electron chi connectivity index (χ1n) is 8.00. The highest BCUT2D eigenvalue weighted by atomic mass is 127. The Balaban J connectivity index is 0.00000364. The summed E-state index contributed by atoms with van der Waals surface area (Å²) in [6.45, 7) is 5.30. The monoisotopic (exact) mass is 530 g/mol. The minimum atomic E-state index is -4.41. The fraction of sp³-hybridized carbons (Fsp3) is 0.412. The maximum absolute atomic E-state index is 12.6. The standard InChI is InChI=1S/C17H21F3N4S2.HI/c1-4-21-16(22-8-12-6-5-11(2)7-13(12)25-3)23-9-15-24-14(10-26-15)17(18,19)20;/h5-7,10H,4,8-9H2,1-3H3,(H2,21,22,23);1H. The van der Waals surface area contributed by atoms with Gasteiger partial charge in [-0.25, -0.2) is 9.98 Å². The molecule has 2 N–H and O–H groups in total. The zero-order valence-electron chi connectivity index (χ0n) is 15.2. The van der Waals surface area contributed by atoms with Crippen LogP contribution in [0.5, 0.6) is 0 Å². The second kappa shape index (κ2) is 11.1. The summed E-state index contributed by atoms with van der Waals surface area (Å²) in [6, 6.07) is 6.20. The molecule has 0 bridgehead atoms. The van der Waals surface area contributed by atoms with Crippen LogP contribution in [0.15, 0.2) is 33.5 Å². The summed E-state index contributed by atoms with van der Waals surface area (Å²) in [5, 5.41) is 7.52. The molecule has 1 aromatic carbocycles. The molecular weight excluding hydrogens is 508 g/mol. The molecule has 27 heavy (non-hydrogen) atoms. The van der Waals surface area contributed by atoms with Crippen molar-refractivity contribution in [3.05, 3.63) is 45.4 Å². The fourth-order valence-corrected chi connectivity index (χ4v) is 3.61. The molecule has 0 amide bonds. The number of halogens is 4. The number of aromatic nitrogens is 1. The van der Waals surface area contributed by atoms with Crippen LogP contribution in [0, 0.1) is 6.92 Å². The summed E-state index contributed by atoms with van der Waals surface area (Å²) in [6.07, 6.45) is -2.39. The molecule has 2 rings (SSSR count). The van der Waals surface area contributed by atoms with Gasteiger partial charge in [-0.3, -0.25) is 0 Å². The number of thiazole rings is 1. The summed E-state index contributed by atoms with van der Waals surface area (Å²) in [4.78, 5) is 9.31. The maximum Gasteiger partial charge on any atom is 0.434 e.